The summed E-state index contributed by atoms with van der Waals surface area (Å²) >= 11 is 0. The maximum absolute atomic E-state index is 12.3. The highest BCUT2D eigenvalue weighted by molar-refractivity contribution is 5.94. The number of anilines is 1. The molecular weight excluding hydrogens is 270 g/mol. The van der Waals surface area contributed by atoms with E-state index in [0.29, 0.717) is 6.42 Å². The number of fused-ring (bicyclic) bond motifs is 1. The fourth-order valence-corrected chi connectivity index (χ4v) is 2.60. The summed E-state index contributed by atoms with van der Waals surface area (Å²) in [6, 6.07) is 20.4. The number of hydrogen-bond donors (Lipinski definition) is 1. The molecule has 0 radical (unpaired) electrons. The average Bonchev–Trinajstić information content (AvgIpc) is 2.51. The van der Waals surface area contributed by atoms with Gasteiger partial charge in [-0.3, -0.25) is 4.79 Å². The van der Waals surface area contributed by atoms with Crippen molar-refractivity contribution in [2.24, 2.45) is 0 Å². The molecule has 0 heterocycles. The minimum atomic E-state index is 0.0176. The van der Waals surface area contributed by atoms with E-state index in [2.05, 4.69) is 29.6 Å². The number of carbonyl (C=O) groups excluding carboxylic acids is 1. The Morgan fingerprint density at radius 1 is 0.909 bits per heavy atom. The molecule has 0 saturated heterocycles. The highest BCUT2D eigenvalue weighted by atomic mass is 16.1. The molecule has 3 rings (SSSR count). The maximum Gasteiger partial charge on any atom is 0.228 e. The van der Waals surface area contributed by atoms with E-state index in [-0.39, 0.29) is 5.91 Å². The molecule has 0 saturated carbocycles. The minimum Gasteiger partial charge on any atom is -0.326 e. The molecule has 0 atom stereocenters. The molecule has 110 valence electrons. The third kappa shape index (κ3) is 3.17. The fourth-order valence-electron chi connectivity index (χ4n) is 2.60. The second kappa shape index (κ2) is 6.02. The zero-order valence-electron chi connectivity index (χ0n) is 12.9. The molecule has 22 heavy (non-hydrogen) atoms. The van der Waals surface area contributed by atoms with Gasteiger partial charge in [-0.2, -0.15) is 0 Å². The van der Waals surface area contributed by atoms with Gasteiger partial charge in [0.1, 0.15) is 0 Å². The second-order valence-corrected chi connectivity index (χ2v) is 5.72. The van der Waals surface area contributed by atoms with Gasteiger partial charge in [0.2, 0.25) is 5.91 Å². The Balaban J connectivity index is 1.76. The van der Waals surface area contributed by atoms with Gasteiger partial charge < -0.3 is 5.32 Å². The standard InChI is InChI=1S/C20H19NO/c1-14-7-8-15(2)19(11-14)21-20(22)13-16-9-10-17-5-3-4-6-18(17)12-16/h3-12H,13H2,1-2H3,(H,21,22). The lowest BCUT2D eigenvalue weighted by molar-refractivity contribution is -0.115. The van der Waals surface area contributed by atoms with Gasteiger partial charge in [-0.15, -0.1) is 0 Å². The van der Waals surface area contributed by atoms with Gasteiger partial charge >= 0.3 is 0 Å². The van der Waals surface area contributed by atoms with Gasteiger partial charge in [-0.25, -0.2) is 0 Å². The van der Waals surface area contributed by atoms with Crippen molar-refractivity contribution >= 4 is 22.4 Å². The van der Waals surface area contributed by atoms with Gasteiger partial charge in [-0.1, -0.05) is 54.6 Å². The molecule has 3 aromatic carbocycles. The molecule has 0 aliphatic carbocycles. The Bertz CT molecular complexity index is 836. The van der Waals surface area contributed by atoms with Crippen LogP contribution in [-0.4, -0.2) is 5.91 Å². The van der Waals surface area contributed by atoms with Gasteiger partial charge in [0.25, 0.3) is 0 Å². The lowest BCUT2D eigenvalue weighted by Gasteiger charge is -2.10. The highest BCUT2D eigenvalue weighted by Gasteiger charge is 2.07. The Morgan fingerprint density at radius 2 is 1.68 bits per heavy atom. The fraction of sp³-hybridized carbons (Fsp3) is 0.150. The number of amides is 1. The van der Waals surface area contributed by atoms with E-state index in [9.17, 15) is 4.79 Å². The summed E-state index contributed by atoms with van der Waals surface area (Å²) in [6.07, 6.45) is 0.387. The molecule has 0 aromatic heterocycles. The molecule has 1 amide bonds. The van der Waals surface area contributed by atoms with Crippen LogP contribution in [0.1, 0.15) is 16.7 Å². The Hall–Kier alpha value is -2.61. The van der Waals surface area contributed by atoms with E-state index in [4.69, 9.17) is 0 Å². The van der Waals surface area contributed by atoms with E-state index < -0.39 is 0 Å². The van der Waals surface area contributed by atoms with Gasteiger partial charge in [0, 0.05) is 5.69 Å². The van der Waals surface area contributed by atoms with Gasteiger partial charge in [-0.05, 0) is 47.4 Å². The van der Waals surface area contributed by atoms with Crippen LogP contribution in [0.15, 0.2) is 60.7 Å². The molecule has 2 nitrogen and oxygen atoms in total. The van der Waals surface area contributed by atoms with Gasteiger partial charge in [0.15, 0.2) is 0 Å². The quantitative estimate of drug-likeness (QED) is 0.748. The maximum atomic E-state index is 12.3. The zero-order chi connectivity index (χ0) is 15.5. The molecule has 0 aliphatic rings. The molecule has 3 aromatic rings. The van der Waals surface area contributed by atoms with Crippen LogP contribution in [0.4, 0.5) is 5.69 Å². The van der Waals surface area contributed by atoms with E-state index in [1.807, 2.05) is 50.2 Å². The van der Waals surface area contributed by atoms with E-state index in [1.54, 1.807) is 0 Å². The van der Waals surface area contributed by atoms with Crippen molar-refractivity contribution in [3.8, 4) is 0 Å². The normalized spacial score (nSPS) is 10.6. The molecule has 1 N–H and O–H groups in total. The highest BCUT2D eigenvalue weighted by Crippen LogP contribution is 2.18. The monoisotopic (exact) mass is 289 g/mol. The number of aryl methyl sites for hydroxylation is 2. The summed E-state index contributed by atoms with van der Waals surface area (Å²) in [5.41, 5.74) is 4.15. The number of carbonyl (C=O) groups is 1. The van der Waals surface area contributed by atoms with Crippen molar-refractivity contribution in [3.63, 3.8) is 0 Å². The molecular formula is C20H19NO. The summed E-state index contributed by atoms with van der Waals surface area (Å²) in [6.45, 7) is 4.03. The van der Waals surface area contributed by atoms with Crippen molar-refractivity contribution < 1.29 is 4.79 Å². The summed E-state index contributed by atoms with van der Waals surface area (Å²) < 4.78 is 0. The first-order chi connectivity index (χ1) is 10.6. The first-order valence-corrected chi connectivity index (χ1v) is 7.46. The predicted octanol–water partition coefficient (Wildman–Crippen LogP) is 4.64. The Kier molecular flexibility index (Phi) is 3.92. The summed E-state index contributed by atoms with van der Waals surface area (Å²) in [7, 11) is 0. The summed E-state index contributed by atoms with van der Waals surface area (Å²) in [5, 5.41) is 5.37. The smallest absolute Gasteiger partial charge is 0.228 e. The lowest BCUT2D eigenvalue weighted by atomic mass is 10.0. The Morgan fingerprint density at radius 3 is 2.50 bits per heavy atom. The van der Waals surface area contributed by atoms with Crippen LogP contribution in [0.5, 0.6) is 0 Å². The average molecular weight is 289 g/mol. The van der Waals surface area contributed by atoms with Crippen LogP contribution >= 0.6 is 0 Å². The first-order valence-electron chi connectivity index (χ1n) is 7.46. The van der Waals surface area contributed by atoms with Gasteiger partial charge in [0.05, 0.1) is 6.42 Å². The number of rotatable bonds is 3. The molecule has 0 bridgehead atoms. The van der Waals surface area contributed by atoms with Crippen molar-refractivity contribution in [2.45, 2.75) is 20.3 Å². The van der Waals surface area contributed by atoms with Crippen molar-refractivity contribution in [2.75, 3.05) is 5.32 Å². The van der Waals surface area contributed by atoms with Crippen molar-refractivity contribution in [1.82, 2.24) is 0 Å². The van der Waals surface area contributed by atoms with Crippen LogP contribution < -0.4 is 5.32 Å². The predicted molar refractivity (Wildman–Crippen MR) is 92.2 cm³/mol. The van der Waals surface area contributed by atoms with E-state index in [1.165, 1.54) is 10.8 Å². The SMILES string of the molecule is Cc1ccc(C)c(NC(=O)Cc2ccc3ccccc3c2)c1. The minimum absolute atomic E-state index is 0.0176. The molecule has 2 heteroatoms. The number of benzene rings is 3. The van der Waals surface area contributed by atoms with Crippen molar-refractivity contribution in [3.05, 3.63) is 77.4 Å². The largest absolute Gasteiger partial charge is 0.326 e. The molecule has 0 spiro atoms. The number of hydrogen-bond acceptors (Lipinski definition) is 1. The van der Waals surface area contributed by atoms with E-state index >= 15 is 0 Å². The zero-order valence-corrected chi connectivity index (χ0v) is 12.9. The van der Waals surface area contributed by atoms with Crippen LogP contribution in [0, 0.1) is 13.8 Å². The number of nitrogens with one attached hydrogen (secondary N) is 1. The third-order valence-electron chi connectivity index (χ3n) is 3.85. The molecule has 0 unspecified atom stereocenters. The van der Waals surface area contributed by atoms with Crippen LogP contribution in [0.2, 0.25) is 0 Å². The third-order valence-corrected chi connectivity index (χ3v) is 3.85. The van der Waals surface area contributed by atoms with Crippen LogP contribution in [0.25, 0.3) is 10.8 Å². The molecule has 0 fully saturated rings. The van der Waals surface area contributed by atoms with Crippen LogP contribution in [0.3, 0.4) is 0 Å². The van der Waals surface area contributed by atoms with Crippen molar-refractivity contribution in [1.29, 1.82) is 0 Å². The molecule has 0 aliphatic heterocycles. The summed E-state index contributed by atoms with van der Waals surface area (Å²) in [4.78, 5) is 12.3. The second-order valence-electron chi connectivity index (χ2n) is 5.72. The van der Waals surface area contributed by atoms with E-state index in [0.717, 1.165) is 22.4 Å². The topological polar surface area (TPSA) is 29.1 Å². The van der Waals surface area contributed by atoms with Crippen LogP contribution in [-0.2, 0) is 11.2 Å². The summed E-state index contributed by atoms with van der Waals surface area (Å²) in [5.74, 6) is 0.0176. The Labute approximate surface area is 130 Å². The first kappa shape index (κ1) is 14.3. The lowest BCUT2D eigenvalue weighted by Crippen LogP contribution is -2.15.